The number of hydrogen-bond donors (Lipinski definition) is 0. The molecule has 1 saturated heterocycles. The highest BCUT2D eigenvalue weighted by Crippen LogP contribution is 2.39. The van der Waals surface area contributed by atoms with E-state index in [2.05, 4.69) is 11.6 Å². The maximum Gasteiger partial charge on any atom is 0.249 e. The first-order chi connectivity index (χ1) is 11.4. The molecular formula is C18H25F2N3O. The van der Waals surface area contributed by atoms with E-state index < -0.39 is 11.8 Å². The van der Waals surface area contributed by atoms with Crippen LogP contribution in [0.2, 0.25) is 0 Å². The molecule has 1 aliphatic rings. The van der Waals surface area contributed by atoms with Crippen molar-refractivity contribution in [1.82, 2.24) is 10.0 Å². The zero-order valence-electron chi connectivity index (χ0n) is 14.6. The third-order valence-electron chi connectivity index (χ3n) is 4.26. The Kier molecular flexibility index (Phi) is 7.80. The number of alkyl halides is 2. The van der Waals surface area contributed by atoms with Gasteiger partial charge >= 0.3 is 0 Å². The molecule has 1 atom stereocenters. The number of hydrogen-bond acceptors (Lipinski definition) is 4. The summed E-state index contributed by atoms with van der Waals surface area (Å²) >= 11 is 0. The number of allylic oxidation sites excluding steroid dienone is 1. The van der Waals surface area contributed by atoms with Crippen molar-refractivity contribution in [3.8, 4) is 6.07 Å². The van der Waals surface area contributed by atoms with Gasteiger partial charge in [0.2, 0.25) is 6.43 Å². The Bertz CT molecular complexity index is 580. The summed E-state index contributed by atoms with van der Waals surface area (Å²) in [6, 6.07) is 3.89. The molecule has 0 spiro atoms. The van der Waals surface area contributed by atoms with Gasteiger partial charge in [-0.2, -0.15) is 5.26 Å². The molecule has 0 aliphatic carbocycles. The summed E-state index contributed by atoms with van der Waals surface area (Å²) in [7, 11) is 0. The molecule has 1 unspecified atom stereocenters. The summed E-state index contributed by atoms with van der Waals surface area (Å²) < 4.78 is 25.7. The Labute approximate surface area is 142 Å². The fraction of sp³-hybridized carbons (Fsp3) is 0.556. The largest absolute Gasteiger partial charge is 0.274 e. The Morgan fingerprint density at radius 1 is 1.50 bits per heavy atom. The number of nitriles is 1. The maximum atomic E-state index is 12.8. The molecule has 1 aliphatic heterocycles. The average molecular weight is 337 g/mol. The highest BCUT2D eigenvalue weighted by atomic mass is 19.3. The highest BCUT2D eigenvalue weighted by molar-refractivity contribution is 5.28. The Morgan fingerprint density at radius 2 is 2.21 bits per heavy atom. The minimum Gasteiger partial charge on any atom is -0.274 e. The van der Waals surface area contributed by atoms with Crippen LogP contribution in [-0.2, 0) is 11.3 Å². The summed E-state index contributed by atoms with van der Waals surface area (Å²) in [6.07, 6.45) is 3.12. The van der Waals surface area contributed by atoms with Gasteiger partial charge in [-0.3, -0.25) is 14.9 Å². The lowest BCUT2D eigenvalue weighted by molar-refractivity contribution is -0.112. The molecular weight excluding hydrogens is 312 g/mol. The SMILES string of the molecule is C=C(N1CCCO1)C(C)(CC)C(F)F.CCc1cncc(C#N)c1. The zero-order valence-corrected chi connectivity index (χ0v) is 14.6. The fourth-order valence-corrected chi connectivity index (χ4v) is 2.17. The monoisotopic (exact) mass is 337 g/mol. The fourth-order valence-electron chi connectivity index (χ4n) is 2.17. The van der Waals surface area contributed by atoms with Crippen molar-refractivity contribution in [3.63, 3.8) is 0 Å². The van der Waals surface area contributed by atoms with Crippen molar-refractivity contribution in [3.05, 3.63) is 41.9 Å². The summed E-state index contributed by atoms with van der Waals surface area (Å²) in [4.78, 5) is 9.12. The number of nitrogens with zero attached hydrogens (tertiary/aromatic N) is 3. The molecule has 4 nitrogen and oxygen atoms in total. The number of aryl methyl sites for hydroxylation is 1. The molecule has 6 heteroatoms. The quantitative estimate of drug-likeness (QED) is 0.802. The third kappa shape index (κ3) is 5.00. The number of pyridine rings is 1. The van der Waals surface area contributed by atoms with Gasteiger partial charge in [0.1, 0.15) is 6.07 Å². The summed E-state index contributed by atoms with van der Waals surface area (Å²) in [6.45, 7) is 10.3. The molecule has 0 N–H and O–H groups in total. The molecule has 0 saturated carbocycles. The van der Waals surface area contributed by atoms with E-state index in [-0.39, 0.29) is 0 Å². The van der Waals surface area contributed by atoms with Crippen LogP contribution in [0.15, 0.2) is 30.7 Å². The van der Waals surface area contributed by atoms with E-state index in [1.165, 1.54) is 12.0 Å². The van der Waals surface area contributed by atoms with Crippen molar-refractivity contribution in [2.45, 2.75) is 46.5 Å². The molecule has 0 aromatic carbocycles. The summed E-state index contributed by atoms with van der Waals surface area (Å²) in [5.41, 5.74) is 0.982. The molecule has 24 heavy (non-hydrogen) atoms. The van der Waals surface area contributed by atoms with Crippen LogP contribution < -0.4 is 0 Å². The van der Waals surface area contributed by atoms with Crippen LogP contribution >= 0.6 is 0 Å². The molecule has 2 heterocycles. The lowest BCUT2D eigenvalue weighted by Gasteiger charge is -2.34. The molecule has 0 radical (unpaired) electrons. The van der Waals surface area contributed by atoms with Crippen LogP contribution in [0.25, 0.3) is 0 Å². The van der Waals surface area contributed by atoms with E-state index in [4.69, 9.17) is 10.1 Å². The first-order valence-electron chi connectivity index (χ1n) is 8.11. The molecule has 0 amide bonds. The van der Waals surface area contributed by atoms with Gasteiger partial charge < -0.3 is 0 Å². The lowest BCUT2D eigenvalue weighted by Crippen LogP contribution is -2.35. The minimum atomic E-state index is -2.40. The molecule has 1 fully saturated rings. The number of aromatic nitrogens is 1. The first kappa shape index (κ1) is 20.0. The zero-order chi connectivity index (χ0) is 18.2. The number of halogens is 2. The Balaban J connectivity index is 0.000000254. The van der Waals surface area contributed by atoms with E-state index >= 15 is 0 Å². The average Bonchev–Trinajstić information content (AvgIpc) is 3.15. The van der Waals surface area contributed by atoms with Gasteiger partial charge in [-0.15, -0.1) is 0 Å². The second-order valence-corrected chi connectivity index (χ2v) is 5.85. The van der Waals surface area contributed by atoms with Crippen LogP contribution in [0.5, 0.6) is 0 Å². The molecule has 1 aromatic heterocycles. The van der Waals surface area contributed by atoms with E-state index in [1.54, 1.807) is 19.3 Å². The van der Waals surface area contributed by atoms with Crippen LogP contribution in [-0.4, -0.2) is 29.6 Å². The van der Waals surface area contributed by atoms with Crippen LogP contribution in [0.4, 0.5) is 8.78 Å². The van der Waals surface area contributed by atoms with E-state index in [0.717, 1.165) is 18.4 Å². The second kappa shape index (κ2) is 9.33. The first-order valence-corrected chi connectivity index (χ1v) is 8.11. The molecule has 1 aromatic rings. The van der Waals surface area contributed by atoms with Gasteiger partial charge in [0.25, 0.3) is 0 Å². The van der Waals surface area contributed by atoms with Crippen LogP contribution in [0.3, 0.4) is 0 Å². The predicted molar refractivity (Wildman–Crippen MR) is 89.1 cm³/mol. The Hall–Kier alpha value is -2.00. The Morgan fingerprint density at radius 3 is 2.67 bits per heavy atom. The van der Waals surface area contributed by atoms with Gasteiger partial charge in [-0.1, -0.05) is 20.4 Å². The van der Waals surface area contributed by atoms with Gasteiger partial charge in [-0.05, 0) is 37.8 Å². The molecule has 0 bridgehead atoms. The van der Waals surface area contributed by atoms with Crippen LogP contribution in [0, 0.1) is 16.7 Å². The van der Waals surface area contributed by atoms with Gasteiger partial charge in [0.05, 0.1) is 17.6 Å². The normalized spacial score (nSPS) is 16.1. The number of rotatable bonds is 5. The number of hydroxylamine groups is 2. The third-order valence-corrected chi connectivity index (χ3v) is 4.26. The van der Waals surface area contributed by atoms with Gasteiger partial charge in [0, 0.05) is 24.6 Å². The predicted octanol–water partition coefficient (Wildman–Crippen LogP) is 4.33. The van der Waals surface area contributed by atoms with Crippen molar-refractivity contribution >= 4 is 0 Å². The van der Waals surface area contributed by atoms with Crippen LogP contribution in [0.1, 0.15) is 44.7 Å². The lowest BCUT2D eigenvalue weighted by atomic mass is 9.84. The maximum absolute atomic E-state index is 12.8. The topological polar surface area (TPSA) is 49.1 Å². The van der Waals surface area contributed by atoms with E-state index in [1.807, 2.05) is 19.1 Å². The van der Waals surface area contributed by atoms with Crippen molar-refractivity contribution < 1.29 is 13.6 Å². The molecule has 2 rings (SSSR count). The highest BCUT2D eigenvalue weighted by Gasteiger charge is 2.39. The summed E-state index contributed by atoms with van der Waals surface area (Å²) in [5.74, 6) is 0. The van der Waals surface area contributed by atoms with Gasteiger partial charge in [0.15, 0.2) is 0 Å². The second-order valence-electron chi connectivity index (χ2n) is 5.85. The molecule has 132 valence electrons. The van der Waals surface area contributed by atoms with Crippen molar-refractivity contribution in [2.24, 2.45) is 5.41 Å². The van der Waals surface area contributed by atoms with E-state index in [9.17, 15) is 8.78 Å². The smallest absolute Gasteiger partial charge is 0.249 e. The minimum absolute atomic E-state index is 0.364. The standard InChI is InChI=1S/C10H17F2NO.C8H8N2/c1-4-10(3,9(11)12)8(2)13-6-5-7-14-13;1-2-7-3-8(4-9)6-10-5-7/h9H,2,4-7H2,1,3H3;3,5-6H,2H2,1H3. The van der Waals surface area contributed by atoms with Gasteiger partial charge in [-0.25, -0.2) is 8.78 Å². The van der Waals surface area contributed by atoms with E-state index in [0.29, 0.717) is 30.8 Å². The van der Waals surface area contributed by atoms with Crippen molar-refractivity contribution in [1.29, 1.82) is 5.26 Å². The van der Waals surface area contributed by atoms with Crippen molar-refractivity contribution in [2.75, 3.05) is 13.2 Å². The summed E-state index contributed by atoms with van der Waals surface area (Å²) in [5, 5.41) is 9.98.